The second-order valence-electron chi connectivity index (χ2n) is 8.83. The van der Waals surface area contributed by atoms with Gasteiger partial charge in [0.2, 0.25) is 0 Å². The molecule has 3 aromatic carbocycles. The summed E-state index contributed by atoms with van der Waals surface area (Å²) in [5.41, 5.74) is -3.17. The number of rotatable bonds is 5. The SMILES string of the molecule is CCCC1CCC(c2c(F)c(F)c(F)c(F)c2-c2cc(F)c(-c3ccccc3)c(F)c2F)CC1. The molecule has 0 N–H and O–H groups in total. The van der Waals surface area contributed by atoms with E-state index in [2.05, 4.69) is 0 Å². The molecule has 0 bridgehead atoms. The van der Waals surface area contributed by atoms with Gasteiger partial charge in [0.15, 0.2) is 34.9 Å². The lowest BCUT2D eigenvalue weighted by Gasteiger charge is -2.30. The van der Waals surface area contributed by atoms with E-state index in [9.17, 15) is 13.2 Å². The highest BCUT2D eigenvalue weighted by molar-refractivity contribution is 5.75. The first kappa shape index (κ1) is 24.3. The second kappa shape index (κ2) is 9.80. The van der Waals surface area contributed by atoms with Crippen molar-refractivity contribution in [3.63, 3.8) is 0 Å². The largest absolute Gasteiger partial charge is 0.206 e. The molecule has 3 aromatic rings. The highest BCUT2D eigenvalue weighted by Crippen LogP contribution is 2.46. The van der Waals surface area contributed by atoms with Gasteiger partial charge in [-0.3, -0.25) is 0 Å². The van der Waals surface area contributed by atoms with Crippen LogP contribution in [0.25, 0.3) is 22.3 Å². The van der Waals surface area contributed by atoms with Crippen LogP contribution in [-0.4, -0.2) is 0 Å². The molecule has 0 saturated heterocycles. The monoisotopic (exact) mass is 480 g/mol. The van der Waals surface area contributed by atoms with Gasteiger partial charge in [-0.15, -0.1) is 0 Å². The Morgan fingerprint density at radius 3 is 1.88 bits per heavy atom. The Morgan fingerprint density at radius 2 is 1.26 bits per heavy atom. The van der Waals surface area contributed by atoms with Crippen molar-refractivity contribution in [2.45, 2.75) is 51.4 Å². The van der Waals surface area contributed by atoms with E-state index in [1.54, 1.807) is 6.07 Å². The van der Waals surface area contributed by atoms with E-state index in [4.69, 9.17) is 0 Å². The lowest BCUT2D eigenvalue weighted by Crippen LogP contribution is -2.18. The summed E-state index contributed by atoms with van der Waals surface area (Å²) < 4.78 is 104. The van der Waals surface area contributed by atoms with Crippen molar-refractivity contribution in [2.75, 3.05) is 0 Å². The van der Waals surface area contributed by atoms with Crippen molar-refractivity contribution in [1.29, 1.82) is 0 Å². The maximum atomic E-state index is 15.2. The Morgan fingerprint density at radius 1 is 0.676 bits per heavy atom. The predicted octanol–water partition coefficient (Wildman–Crippen LogP) is 9.07. The fourth-order valence-corrected chi connectivity index (χ4v) is 5.09. The summed E-state index contributed by atoms with van der Waals surface area (Å²) in [5.74, 6) is -12.6. The third-order valence-electron chi connectivity index (χ3n) is 6.75. The van der Waals surface area contributed by atoms with Crippen LogP contribution in [0.2, 0.25) is 0 Å². The molecule has 1 saturated carbocycles. The van der Waals surface area contributed by atoms with Gasteiger partial charge in [-0.2, -0.15) is 0 Å². The van der Waals surface area contributed by atoms with Gasteiger partial charge in [-0.1, -0.05) is 50.1 Å². The van der Waals surface area contributed by atoms with E-state index in [0.717, 1.165) is 12.8 Å². The molecule has 0 aliphatic heterocycles. The topological polar surface area (TPSA) is 0 Å². The molecule has 0 nitrogen and oxygen atoms in total. The summed E-state index contributed by atoms with van der Waals surface area (Å²) in [6.07, 6.45) is 3.88. The zero-order chi connectivity index (χ0) is 24.6. The minimum Gasteiger partial charge on any atom is -0.206 e. The molecule has 34 heavy (non-hydrogen) atoms. The van der Waals surface area contributed by atoms with Gasteiger partial charge in [0, 0.05) is 16.7 Å². The third-order valence-corrected chi connectivity index (χ3v) is 6.75. The van der Waals surface area contributed by atoms with Crippen molar-refractivity contribution in [3.05, 3.63) is 82.7 Å². The molecular formula is C27H23F7. The second-order valence-corrected chi connectivity index (χ2v) is 8.83. The number of benzene rings is 3. The van der Waals surface area contributed by atoms with Gasteiger partial charge in [0.1, 0.15) is 5.82 Å². The van der Waals surface area contributed by atoms with Crippen LogP contribution in [0.3, 0.4) is 0 Å². The van der Waals surface area contributed by atoms with Crippen LogP contribution in [-0.2, 0) is 0 Å². The number of hydrogen-bond donors (Lipinski definition) is 0. The van der Waals surface area contributed by atoms with Crippen LogP contribution in [0.4, 0.5) is 30.7 Å². The average molecular weight is 480 g/mol. The Hall–Kier alpha value is -2.83. The lowest BCUT2D eigenvalue weighted by molar-refractivity contribution is 0.300. The van der Waals surface area contributed by atoms with Gasteiger partial charge >= 0.3 is 0 Å². The molecule has 1 aliphatic rings. The summed E-state index contributed by atoms with van der Waals surface area (Å²) in [6.45, 7) is 2.03. The van der Waals surface area contributed by atoms with Crippen molar-refractivity contribution in [1.82, 2.24) is 0 Å². The van der Waals surface area contributed by atoms with Gasteiger partial charge in [-0.05, 0) is 49.1 Å². The minimum absolute atomic E-state index is 0.0364. The zero-order valence-corrected chi connectivity index (χ0v) is 18.5. The van der Waals surface area contributed by atoms with Crippen molar-refractivity contribution >= 4 is 0 Å². The maximum absolute atomic E-state index is 15.2. The molecule has 1 fully saturated rings. The first-order valence-corrected chi connectivity index (χ1v) is 11.3. The molecule has 0 unspecified atom stereocenters. The van der Waals surface area contributed by atoms with E-state index in [-0.39, 0.29) is 5.56 Å². The summed E-state index contributed by atoms with van der Waals surface area (Å²) in [5, 5.41) is 0. The minimum atomic E-state index is -2.15. The van der Waals surface area contributed by atoms with E-state index < -0.39 is 68.9 Å². The summed E-state index contributed by atoms with van der Waals surface area (Å²) in [6, 6.07) is 7.83. The van der Waals surface area contributed by atoms with Gasteiger partial charge in [-0.25, -0.2) is 30.7 Å². The first-order valence-electron chi connectivity index (χ1n) is 11.3. The summed E-state index contributed by atoms with van der Waals surface area (Å²) in [4.78, 5) is 0. The molecule has 4 rings (SSSR count). The molecule has 0 radical (unpaired) electrons. The maximum Gasteiger partial charge on any atom is 0.198 e. The molecule has 1 aliphatic carbocycles. The quantitative estimate of drug-likeness (QED) is 0.194. The fourth-order valence-electron chi connectivity index (χ4n) is 5.09. The molecule has 0 spiro atoms. The molecule has 0 aromatic heterocycles. The third kappa shape index (κ3) is 4.21. The smallest absolute Gasteiger partial charge is 0.198 e. The molecule has 0 atom stereocenters. The van der Waals surface area contributed by atoms with E-state index >= 15 is 17.6 Å². The van der Waals surface area contributed by atoms with Crippen molar-refractivity contribution in [2.24, 2.45) is 5.92 Å². The molecule has 0 heterocycles. The average Bonchev–Trinajstić information content (AvgIpc) is 2.84. The number of hydrogen-bond acceptors (Lipinski definition) is 0. The Labute approximate surface area is 193 Å². The van der Waals surface area contributed by atoms with Crippen LogP contribution in [0.15, 0.2) is 36.4 Å². The van der Waals surface area contributed by atoms with Gasteiger partial charge in [0.25, 0.3) is 0 Å². The normalized spacial score (nSPS) is 18.4. The van der Waals surface area contributed by atoms with Gasteiger partial charge in [0.05, 0.1) is 5.56 Å². The number of halogens is 7. The molecule has 7 heteroatoms. The summed E-state index contributed by atoms with van der Waals surface area (Å²) >= 11 is 0. The van der Waals surface area contributed by atoms with Crippen LogP contribution in [0.5, 0.6) is 0 Å². The standard InChI is InChI=1S/C27H23F7/c1-2-6-14-9-11-16(12-10-14)20-21(25(32)27(34)26(33)24(20)31)17-13-18(28)19(23(30)22(17)29)15-7-4-3-5-8-15/h3-5,7-8,13-14,16H,2,6,9-12H2,1H3. The first-order chi connectivity index (χ1) is 16.3. The van der Waals surface area contributed by atoms with Crippen molar-refractivity contribution in [3.8, 4) is 22.3 Å². The highest BCUT2D eigenvalue weighted by atomic mass is 19.2. The summed E-state index contributed by atoms with van der Waals surface area (Å²) in [7, 11) is 0. The van der Waals surface area contributed by atoms with Crippen LogP contribution in [0, 0.1) is 46.6 Å². The predicted molar refractivity (Wildman–Crippen MR) is 117 cm³/mol. The van der Waals surface area contributed by atoms with E-state index in [1.807, 2.05) is 6.92 Å². The Kier molecular flexibility index (Phi) is 7.01. The zero-order valence-electron chi connectivity index (χ0n) is 18.5. The van der Waals surface area contributed by atoms with E-state index in [1.165, 1.54) is 24.3 Å². The molecular weight excluding hydrogens is 457 g/mol. The van der Waals surface area contributed by atoms with Crippen LogP contribution in [0.1, 0.15) is 56.9 Å². The van der Waals surface area contributed by atoms with Crippen LogP contribution < -0.4 is 0 Å². The lowest BCUT2D eigenvalue weighted by atomic mass is 9.75. The molecule has 180 valence electrons. The Balaban J connectivity index is 1.90. The van der Waals surface area contributed by atoms with Crippen molar-refractivity contribution < 1.29 is 30.7 Å². The van der Waals surface area contributed by atoms with Gasteiger partial charge < -0.3 is 0 Å². The molecule has 0 amide bonds. The highest BCUT2D eigenvalue weighted by Gasteiger charge is 2.35. The fraction of sp³-hybridized carbons (Fsp3) is 0.333. The Bertz CT molecular complexity index is 1200. The van der Waals surface area contributed by atoms with E-state index in [0.29, 0.717) is 37.7 Å². The van der Waals surface area contributed by atoms with Crippen LogP contribution >= 0.6 is 0 Å².